The van der Waals surface area contributed by atoms with Crippen molar-refractivity contribution in [3.63, 3.8) is 0 Å². The summed E-state index contributed by atoms with van der Waals surface area (Å²) in [5.41, 5.74) is 3.85. The first-order chi connectivity index (χ1) is 12.9. The molecule has 0 amide bonds. The molecule has 0 spiro atoms. The van der Waals surface area contributed by atoms with Crippen molar-refractivity contribution in [2.24, 2.45) is 0 Å². The highest BCUT2D eigenvalue weighted by Crippen LogP contribution is 2.30. The van der Waals surface area contributed by atoms with Crippen LogP contribution < -0.4 is 4.72 Å². The predicted molar refractivity (Wildman–Crippen MR) is 106 cm³/mol. The van der Waals surface area contributed by atoms with Gasteiger partial charge in [0.1, 0.15) is 0 Å². The van der Waals surface area contributed by atoms with E-state index in [-0.39, 0.29) is 12.0 Å². The van der Waals surface area contributed by atoms with Crippen LogP contribution in [0.4, 0.5) is 0 Å². The molecule has 1 fully saturated rings. The Morgan fingerprint density at radius 3 is 2.22 bits per heavy atom. The summed E-state index contributed by atoms with van der Waals surface area (Å²) < 4.78 is 32.9. The predicted octanol–water partition coefficient (Wildman–Crippen LogP) is 3.43. The third-order valence-corrected chi connectivity index (χ3v) is 6.85. The molecule has 1 aliphatic heterocycles. The average Bonchev–Trinajstić information content (AvgIpc) is 2.68. The molecule has 0 bridgehead atoms. The first-order valence-electron chi connectivity index (χ1n) is 9.10. The molecule has 5 nitrogen and oxygen atoms in total. The van der Waals surface area contributed by atoms with Crippen LogP contribution in [0.1, 0.15) is 37.3 Å². The summed E-state index contributed by atoms with van der Waals surface area (Å²) in [6, 6.07) is 17.5. The van der Waals surface area contributed by atoms with Crippen LogP contribution in [0.15, 0.2) is 48.5 Å². The van der Waals surface area contributed by atoms with Crippen LogP contribution in [0.25, 0.3) is 11.1 Å². The topological polar surface area (TPSA) is 79.2 Å². The first kappa shape index (κ1) is 19.6. The van der Waals surface area contributed by atoms with Crippen molar-refractivity contribution in [3.8, 4) is 17.2 Å². The molecule has 142 valence electrons. The van der Waals surface area contributed by atoms with Gasteiger partial charge in [0.25, 0.3) is 0 Å². The van der Waals surface area contributed by atoms with Crippen LogP contribution in [0.3, 0.4) is 0 Å². The van der Waals surface area contributed by atoms with Gasteiger partial charge in [0, 0.05) is 12.5 Å². The standard InChI is InChI=1S/C21H24N2O3S/c1-15(2)27(24,25)23-21-14-26-12-11-20(21)19-9-7-18(8-10-19)17-5-3-16(13-22)4-6-17/h3-10,15,20-21,23H,11-12,14H2,1-2H3/t20?,21-/m0/s1. The summed E-state index contributed by atoms with van der Waals surface area (Å²) in [6.07, 6.45) is 0.779. The highest BCUT2D eigenvalue weighted by Gasteiger charge is 2.31. The molecule has 1 N–H and O–H groups in total. The maximum Gasteiger partial charge on any atom is 0.214 e. The lowest BCUT2D eigenvalue weighted by Gasteiger charge is -2.33. The smallest absolute Gasteiger partial charge is 0.214 e. The highest BCUT2D eigenvalue weighted by atomic mass is 32.2. The summed E-state index contributed by atoms with van der Waals surface area (Å²) >= 11 is 0. The van der Waals surface area contributed by atoms with Gasteiger partial charge in [-0.05, 0) is 49.1 Å². The third kappa shape index (κ3) is 4.56. The molecule has 3 rings (SSSR count). The third-order valence-electron chi connectivity index (χ3n) is 4.98. The summed E-state index contributed by atoms with van der Waals surface area (Å²) in [5.74, 6) is 0.0855. The van der Waals surface area contributed by atoms with E-state index in [9.17, 15) is 8.42 Å². The molecule has 1 saturated heterocycles. The molecular formula is C21H24N2O3S. The van der Waals surface area contributed by atoms with Gasteiger partial charge in [-0.2, -0.15) is 5.26 Å². The Morgan fingerprint density at radius 1 is 1.07 bits per heavy atom. The zero-order valence-electron chi connectivity index (χ0n) is 15.6. The molecule has 0 aliphatic carbocycles. The molecule has 0 aromatic heterocycles. The Kier molecular flexibility index (Phi) is 5.95. The van der Waals surface area contributed by atoms with Gasteiger partial charge in [-0.15, -0.1) is 0 Å². The number of nitrogens with one attached hydrogen (secondary N) is 1. The number of sulfonamides is 1. The zero-order chi connectivity index (χ0) is 19.4. The van der Waals surface area contributed by atoms with E-state index in [0.29, 0.717) is 18.8 Å². The summed E-state index contributed by atoms with van der Waals surface area (Å²) in [7, 11) is -3.35. The molecular weight excluding hydrogens is 360 g/mol. The summed E-state index contributed by atoms with van der Waals surface area (Å²) in [4.78, 5) is 0. The molecule has 2 atom stereocenters. The van der Waals surface area contributed by atoms with E-state index in [0.717, 1.165) is 23.1 Å². The van der Waals surface area contributed by atoms with E-state index in [1.54, 1.807) is 26.0 Å². The van der Waals surface area contributed by atoms with E-state index >= 15 is 0 Å². The monoisotopic (exact) mass is 384 g/mol. The maximum absolute atomic E-state index is 12.3. The van der Waals surface area contributed by atoms with Gasteiger partial charge in [0.2, 0.25) is 10.0 Å². The van der Waals surface area contributed by atoms with E-state index in [2.05, 4.69) is 22.9 Å². The van der Waals surface area contributed by atoms with Gasteiger partial charge >= 0.3 is 0 Å². The summed E-state index contributed by atoms with van der Waals surface area (Å²) in [5, 5.41) is 8.44. The number of ether oxygens (including phenoxy) is 1. The highest BCUT2D eigenvalue weighted by molar-refractivity contribution is 7.90. The second-order valence-electron chi connectivity index (χ2n) is 7.10. The van der Waals surface area contributed by atoms with Crippen molar-refractivity contribution in [1.82, 2.24) is 4.72 Å². The van der Waals surface area contributed by atoms with Crippen molar-refractivity contribution in [2.45, 2.75) is 37.5 Å². The minimum Gasteiger partial charge on any atom is -0.380 e. The van der Waals surface area contributed by atoms with Gasteiger partial charge in [-0.1, -0.05) is 36.4 Å². The van der Waals surface area contributed by atoms with Gasteiger partial charge in [0.15, 0.2) is 0 Å². The van der Waals surface area contributed by atoms with E-state index < -0.39 is 15.3 Å². The van der Waals surface area contributed by atoms with Crippen LogP contribution in [0.5, 0.6) is 0 Å². The molecule has 1 heterocycles. The number of nitrogens with zero attached hydrogens (tertiary/aromatic N) is 1. The Morgan fingerprint density at radius 2 is 1.67 bits per heavy atom. The van der Waals surface area contributed by atoms with Crippen molar-refractivity contribution in [1.29, 1.82) is 5.26 Å². The number of hydrogen-bond donors (Lipinski definition) is 1. The second kappa shape index (κ2) is 8.22. The fourth-order valence-corrected chi connectivity index (χ4v) is 4.19. The Bertz CT molecular complexity index is 913. The molecule has 1 unspecified atom stereocenters. The Balaban J connectivity index is 1.80. The van der Waals surface area contributed by atoms with Crippen molar-refractivity contribution in [3.05, 3.63) is 59.7 Å². The van der Waals surface area contributed by atoms with Gasteiger partial charge < -0.3 is 4.74 Å². The van der Waals surface area contributed by atoms with E-state index in [4.69, 9.17) is 10.00 Å². The van der Waals surface area contributed by atoms with Crippen LogP contribution in [-0.2, 0) is 14.8 Å². The van der Waals surface area contributed by atoms with Gasteiger partial charge in [-0.25, -0.2) is 13.1 Å². The lowest BCUT2D eigenvalue weighted by atomic mass is 9.87. The SMILES string of the molecule is CC(C)S(=O)(=O)N[C@H]1COCCC1c1ccc(-c2ccc(C#N)cc2)cc1. The zero-order valence-corrected chi connectivity index (χ0v) is 16.4. The van der Waals surface area contributed by atoms with Crippen LogP contribution in [0.2, 0.25) is 0 Å². The number of nitriles is 1. The molecule has 2 aromatic carbocycles. The molecule has 1 aliphatic rings. The van der Waals surface area contributed by atoms with E-state index in [1.165, 1.54) is 0 Å². The van der Waals surface area contributed by atoms with Gasteiger partial charge in [-0.3, -0.25) is 0 Å². The Hall–Kier alpha value is -2.20. The summed E-state index contributed by atoms with van der Waals surface area (Å²) in [6.45, 7) is 4.36. The second-order valence-corrected chi connectivity index (χ2v) is 9.37. The first-order valence-corrected chi connectivity index (χ1v) is 10.6. The molecule has 27 heavy (non-hydrogen) atoms. The molecule has 2 aromatic rings. The van der Waals surface area contributed by atoms with Crippen molar-refractivity contribution in [2.75, 3.05) is 13.2 Å². The minimum absolute atomic E-state index is 0.0855. The molecule has 0 radical (unpaired) electrons. The van der Waals surface area contributed by atoms with Gasteiger partial charge in [0.05, 0.1) is 29.5 Å². The minimum atomic E-state index is -3.35. The van der Waals surface area contributed by atoms with Crippen LogP contribution in [0, 0.1) is 11.3 Å². The number of hydrogen-bond acceptors (Lipinski definition) is 4. The number of benzene rings is 2. The fourth-order valence-electron chi connectivity index (χ4n) is 3.26. The molecule has 0 saturated carbocycles. The average molecular weight is 385 g/mol. The van der Waals surface area contributed by atoms with Crippen molar-refractivity contribution >= 4 is 10.0 Å². The quantitative estimate of drug-likeness (QED) is 0.857. The maximum atomic E-state index is 12.3. The van der Waals surface area contributed by atoms with Crippen LogP contribution in [-0.4, -0.2) is 32.9 Å². The Labute approximate surface area is 161 Å². The van der Waals surface area contributed by atoms with Crippen molar-refractivity contribution < 1.29 is 13.2 Å². The largest absolute Gasteiger partial charge is 0.380 e. The normalized spacial score (nSPS) is 20.4. The lowest BCUT2D eigenvalue weighted by Crippen LogP contribution is -2.47. The number of rotatable bonds is 5. The van der Waals surface area contributed by atoms with E-state index in [1.807, 2.05) is 24.3 Å². The fraction of sp³-hybridized carbons (Fsp3) is 0.381. The molecule has 6 heteroatoms. The lowest BCUT2D eigenvalue weighted by molar-refractivity contribution is 0.0644. The van der Waals surface area contributed by atoms with Crippen LogP contribution >= 0.6 is 0 Å².